The number of nitrogens with zero attached hydrogens (tertiary/aromatic N) is 2. The summed E-state index contributed by atoms with van der Waals surface area (Å²) in [5.41, 5.74) is 8.49. The number of hydrazone groups is 1. The number of rotatable bonds is 5. The lowest BCUT2D eigenvalue weighted by atomic mass is 10.0. The van der Waals surface area contributed by atoms with E-state index in [1.54, 1.807) is 6.07 Å². The third-order valence-electron chi connectivity index (χ3n) is 4.70. The monoisotopic (exact) mass is 458 g/mol. The number of benzene rings is 3. The summed E-state index contributed by atoms with van der Waals surface area (Å²) in [6.07, 6.45) is 0. The predicted octanol–water partition coefficient (Wildman–Crippen LogP) is 5.66. The molecule has 1 amide bonds. The number of carbonyl (C=O) groups excluding carboxylic acids is 1. The first-order chi connectivity index (χ1) is 14.6. The van der Waals surface area contributed by atoms with Gasteiger partial charge in [-0.3, -0.25) is 9.89 Å². The van der Waals surface area contributed by atoms with Gasteiger partial charge in [-0.2, -0.15) is 10.2 Å². The SMILES string of the molecule is CC(=NNC(=O)c1cc(-c2ccc(-c3ccccc3)cc2)n[nH]1)c1ccc(Br)cc1. The minimum Gasteiger partial charge on any atom is -0.272 e. The van der Waals surface area contributed by atoms with Gasteiger partial charge in [0.25, 0.3) is 5.91 Å². The normalized spacial score (nSPS) is 11.3. The fraction of sp³-hybridized carbons (Fsp3) is 0.0417. The van der Waals surface area contributed by atoms with E-state index >= 15 is 0 Å². The van der Waals surface area contributed by atoms with E-state index in [1.807, 2.05) is 73.7 Å². The van der Waals surface area contributed by atoms with Gasteiger partial charge in [-0.05, 0) is 41.8 Å². The summed E-state index contributed by atoms with van der Waals surface area (Å²) >= 11 is 3.40. The van der Waals surface area contributed by atoms with Crippen LogP contribution in [0.3, 0.4) is 0 Å². The number of carbonyl (C=O) groups is 1. The number of amides is 1. The van der Waals surface area contributed by atoms with Gasteiger partial charge in [0.15, 0.2) is 0 Å². The molecule has 3 aromatic carbocycles. The van der Waals surface area contributed by atoms with Gasteiger partial charge in [0.05, 0.1) is 11.4 Å². The molecular formula is C24H19BrN4O. The van der Waals surface area contributed by atoms with Crippen molar-refractivity contribution in [3.8, 4) is 22.4 Å². The van der Waals surface area contributed by atoms with Gasteiger partial charge in [0.1, 0.15) is 5.69 Å². The van der Waals surface area contributed by atoms with Crippen molar-refractivity contribution in [3.05, 3.63) is 101 Å². The molecular weight excluding hydrogens is 440 g/mol. The number of hydrogen-bond donors (Lipinski definition) is 2. The molecule has 1 aromatic heterocycles. The Morgan fingerprint density at radius 3 is 2.23 bits per heavy atom. The highest BCUT2D eigenvalue weighted by molar-refractivity contribution is 9.10. The molecule has 6 heteroatoms. The van der Waals surface area contributed by atoms with E-state index in [2.05, 4.69) is 48.8 Å². The van der Waals surface area contributed by atoms with E-state index in [9.17, 15) is 4.79 Å². The molecule has 0 radical (unpaired) electrons. The minimum atomic E-state index is -0.342. The smallest absolute Gasteiger partial charge is 0.272 e. The van der Waals surface area contributed by atoms with Gasteiger partial charge < -0.3 is 0 Å². The molecule has 0 saturated heterocycles. The Morgan fingerprint density at radius 2 is 1.53 bits per heavy atom. The van der Waals surface area contributed by atoms with Gasteiger partial charge in [-0.25, -0.2) is 5.43 Å². The Bertz CT molecular complexity index is 1180. The molecule has 5 nitrogen and oxygen atoms in total. The third kappa shape index (κ3) is 4.55. The first-order valence-corrected chi connectivity index (χ1v) is 10.2. The second kappa shape index (κ2) is 8.88. The number of H-pyrrole nitrogens is 1. The van der Waals surface area contributed by atoms with Crippen molar-refractivity contribution in [2.45, 2.75) is 6.92 Å². The predicted molar refractivity (Wildman–Crippen MR) is 123 cm³/mol. The van der Waals surface area contributed by atoms with Crippen LogP contribution in [0.2, 0.25) is 0 Å². The van der Waals surface area contributed by atoms with Crippen LogP contribution in [0.25, 0.3) is 22.4 Å². The lowest BCUT2D eigenvalue weighted by Gasteiger charge is -2.02. The number of hydrogen-bond acceptors (Lipinski definition) is 3. The molecule has 0 atom stereocenters. The molecule has 1 heterocycles. The van der Waals surface area contributed by atoms with E-state index in [4.69, 9.17) is 0 Å². The van der Waals surface area contributed by atoms with Crippen molar-refractivity contribution < 1.29 is 4.79 Å². The number of nitrogens with one attached hydrogen (secondary N) is 2. The van der Waals surface area contributed by atoms with Gasteiger partial charge in [-0.1, -0.05) is 82.7 Å². The molecule has 0 unspecified atom stereocenters. The zero-order chi connectivity index (χ0) is 20.9. The summed E-state index contributed by atoms with van der Waals surface area (Å²) in [5, 5.41) is 11.2. The van der Waals surface area contributed by atoms with Crippen molar-refractivity contribution >= 4 is 27.5 Å². The molecule has 0 aliphatic heterocycles. The highest BCUT2D eigenvalue weighted by Crippen LogP contribution is 2.24. The maximum atomic E-state index is 12.4. The lowest BCUT2D eigenvalue weighted by molar-refractivity contribution is 0.0950. The van der Waals surface area contributed by atoms with E-state index in [-0.39, 0.29) is 5.91 Å². The van der Waals surface area contributed by atoms with Crippen LogP contribution in [0.5, 0.6) is 0 Å². The fourth-order valence-electron chi connectivity index (χ4n) is 3.00. The second-order valence-corrected chi connectivity index (χ2v) is 7.67. The van der Waals surface area contributed by atoms with Crippen LogP contribution in [0, 0.1) is 0 Å². The van der Waals surface area contributed by atoms with Gasteiger partial charge in [0, 0.05) is 10.0 Å². The zero-order valence-electron chi connectivity index (χ0n) is 16.3. The van der Waals surface area contributed by atoms with Gasteiger partial charge in [0.2, 0.25) is 0 Å². The van der Waals surface area contributed by atoms with E-state index < -0.39 is 0 Å². The molecule has 0 aliphatic rings. The highest BCUT2D eigenvalue weighted by Gasteiger charge is 2.11. The van der Waals surface area contributed by atoms with Gasteiger partial charge in [-0.15, -0.1) is 0 Å². The molecule has 0 aliphatic carbocycles. The third-order valence-corrected chi connectivity index (χ3v) is 5.23. The van der Waals surface area contributed by atoms with Crippen molar-refractivity contribution in [3.63, 3.8) is 0 Å². The summed E-state index contributed by atoms with van der Waals surface area (Å²) in [6, 6.07) is 27.7. The first-order valence-electron chi connectivity index (χ1n) is 9.42. The summed E-state index contributed by atoms with van der Waals surface area (Å²) in [7, 11) is 0. The Labute approximate surface area is 183 Å². The Kier molecular flexibility index (Phi) is 5.86. The van der Waals surface area contributed by atoms with E-state index in [1.165, 1.54) is 0 Å². The molecule has 4 rings (SSSR count). The summed E-state index contributed by atoms with van der Waals surface area (Å²) in [5.74, 6) is -0.342. The van der Waals surface area contributed by atoms with Crippen molar-refractivity contribution in [2.24, 2.45) is 5.10 Å². The molecule has 0 spiro atoms. The maximum absolute atomic E-state index is 12.4. The van der Waals surface area contributed by atoms with Crippen molar-refractivity contribution in [2.75, 3.05) is 0 Å². The average Bonchev–Trinajstić information content (AvgIpc) is 3.29. The van der Waals surface area contributed by atoms with E-state index in [0.29, 0.717) is 17.1 Å². The topological polar surface area (TPSA) is 70.1 Å². The Morgan fingerprint density at radius 1 is 0.900 bits per heavy atom. The number of halogens is 1. The summed E-state index contributed by atoms with van der Waals surface area (Å²) < 4.78 is 0.991. The summed E-state index contributed by atoms with van der Waals surface area (Å²) in [4.78, 5) is 12.4. The number of aromatic nitrogens is 2. The highest BCUT2D eigenvalue weighted by atomic mass is 79.9. The van der Waals surface area contributed by atoms with Crippen LogP contribution < -0.4 is 5.43 Å². The number of aromatic amines is 1. The Hall–Kier alpha value is -3.51. The first kappa shape index (κ1) is 19.8. The second-order valence-electron chi connectivity index (χ2n) is 6.76. The average molecular weight is 459 g/mol. The molecule has 30 heavy (non-hydrogen) atoms. The zero-order valence-corrected chi connectivity index (χ0v) is 17.8. The molecule has 0 fully saturated rings. The maximum Gasteiger partial charge on any atom is 0.289 e. The van der Waals surface area contributed by atoms with Crippen molar-refractivity contribution in [1.82, 2.24) is 15.6 Å². The standard InChI is InChI=1S/C24H19BrN4O/c1-16(17-11-13-21(25)14-12-17)26-29-24(30)23-15-22(27-28-23)20-9-7-19(8-10-20)18-5-3-2-4-6-18/h2-15H,1H3,(H,27,28)(H,29,30). The molecule has 0 bridgehead atoms. The van der Waals surface area contributed by atoms with Crippen LogP contribution in [-0.2, 0) is 0 Å². The largest absolute Gasteiger partial charge is 0.289 e. The molecule has 4 aromatic rings. The minimum absolute atomic E-state index is 0.342. The van der Waals surface area contributed by atoms with Crippen LogP contribution in [0.15, 0.2) is 94.5 Å². The summed E-state index contributed by atoms with van der Waals surface area (Å²) in [6.45, 7) is 1.84. The van der Waals surface area contributed by atoms with E-state index in [0.717, 1.165) is 26.7 Å². The fourth-order valence-corrected chi connectivity index (χ4v) is 3.26. The van der Waals surface area contributed by atoms with Crippen LogP contribution in [0.1, 0.15) is 23.0 Å². The quantitative estimate of drug-likeness (QED) is 0.299. The lowest BCUT2D eigenvalue weighted by Crippen LogP contribution is -2.19. The van der Waals surface area contributed by atoms with Crippen LogP contribution in [-0.4, -0.2) is 21.8 Å². The van der Waals surface area contributed by atoms with Crippen LogP contribution in [0.4, 0.5) is 0 Å². The molecule has 148 valence electrons. The molecule has 2 N–H and O–H groups in total. The van der Waals surface area contributed by atoms with Gasteiger partial charge >= 0.3 is 0 Å². The molecule has 0 saturated carbocycles. The Balaban J connectivity index is 1.45. The van der Waals surface area contributed by atoms with Crippen molar-refractivity contribution in [1.29, 1.82) is 0 Å². The van der Waals surface area contributed by atoms with Crippen LogP contribution >= 0.6 is 15.9 Å².